The molecule has 0 aliphatic rings. The number of hydrogen-bond acceptors (Lipinski definition) is 4. The fourth-order valence-corrected chi connectivity index (χ4v) is 3.16. The van der Waals surface area contributed by atoms with Gasteiger partial charge in [0.1, 0.15) is 5.75 Å². The quantitative estimate of drug-likeness (QED) is 0.555. The second kappa shape index (κ2) is 5.03. The van der Waals surface area contributed by atoms with Crippen molar-refractivity contribution in [2.75, 3.05) is 0 Å². The maximum absolute atomic E-state index is 10.0. The average molecular weight is 352 g/mol. The van der Waals surface area contributed by atoms with Gasteiger partial charge in [-0.15, -0.1) is 0 Å². The lowest BCUT2D eigenvalue weighted by Gasteiger charge is -2.11. The van der Waals surface area contributed by atoms with Crippen LogP contribution in [0.2, 0.25) is 0 Å². The normalized spacial score (nSPS) is 11.1. The molecule has 0 unspecified atom stereocenters. The number of halogens is 1. The number of rotatable bonds is 1. The van der Waals surface area contributed by atoms with Crippen LogP contribution < -0.4 is 0 Å². The zero-order chi connectivity index (χ0) is 15.1. The number of nitrogens with zero attached hydrogens (tertiary/aromatic N) is 3. The highest BCUT2D eigenvalue weighted by molar-refractivity contribution is 9.10. The molecule has 4 rings (SSSR count). The fourth-order valence-electron chi connectivity index (χ4n) is 2.71. The minimum atomic E-state index is 0.230. The van der Waals surface area contributed by atoms with Gasteiger partial charge in [-0.3, -0.25) is 4.98 Å². The van der Waals surface area contributed by atoms with E-state index < -0.39 is 0 Å². The molecule has 4 aromatic rings. The van der Waals surface area contributed by atoms with E-state index in [1.54, 1.807) is 30.9 Å². The van der Waals surface area contributed by atoms with Gasteiger partial charge in [0.2, 0.25) is 0 Å². The van der Waals surface area contributed by atoms with Crippen LogP contribution in [0.3, 0.4) is 0 Å². The van der Waals surface area contributed by atoms with Crippen molar-refractivity contribution in [3.63, 3.8) is 0 Å². The second-order valence-corrected chi connectivity index (χ2v) is 5.82. The summed E-state index contributed by atoms with van der Waals surface area (Å²) in [5.74, 6) is 0.230. The Kier molecular flexibility index (Phi) is 3.01. The van der Waals surface area contributed by atoms with Crippen molar-refractivity contribution in [3.05, 3.63) is 59.6 Å². The summed E-state index contributed by atoms with van der Waals surface area (Å²) < 4.78 is 0.978. The van der Waals surface area contributed by atoms with Crippen molar-refractivity contribution in [1.82, 2.24) is 15.2 Å². The number of phenolic OH excluding ortho intramolecular Hbond substituents is 1. The van der Waals surface area contributed by atoms with Gasteiger partial charge in [-0.1, -0.05) is 28.1 Å². The number of hydrogen-bond donors (Lipinski definition) is 1. The monoisotopic (exact) mass is 351 g/mol. The average Bonchev–Trinajstić information content (AvgIpc) is 2.57. The molecular weight excluding hydrogens is 342 g/mol. The predicted molar refractivity (Wildman–Crippen MR) is 89.6 cm³/mol. The third kappa shape index (κ3) is 1.94. The van der Waals surface area contributed by atoms with Crippen LogP contribution in [0.25, 0.3) is 32.7 Å². The van der Waals surface area contributed by atoms with Gasteiger partial charge in [0.15, 0.2) is 0 Å². The van der Waals surface area contributed by atoms with Crippen LogP contribution in [0, 0.1) is 0 Å². The summed E-state index contributed by atoms with van der Waals surface area (Å²) >= 11 is 3.55. The van der Waals surface area contributed by atoms with Gasteiger partial charge in [0.25, 0.3) is 0 Å². The molecule has 106 valence electrons. The molecule has 5 heteroatoms. The van der Waals surface area contributed by atoms with E-state index in [4.69, 9.17) is 0 Å². The molecule has 2 aromatic carbocycles. The number of aromatic hydroxyl groups is 1. The fraction of sp³-hybridized carbons (Fsp3) is 0. The van der Waals surface area contributed by atoms with Crippen LogP contribution in [0.5, 0.6) is 5.75 Å². The molecule has 0 amide bonds. The number of pyridine rings is 1. The Balaban J connectivity index is 2.13. The molecule has 0 atom stereocenters. The van der Waals surface area contributed by atoms with Gasteiger partial charge in [-0.05, 0) is 34.7 Å². The van der Waals surface area contributed by atoms with E-state index >= 15 is 0 Å². The molecule has 1 N–H and O–H groups in total. The van der Waals surface area contributed by atoms with E-state index in [2.05, 4.69) is 31.1 Å². The van der Waals surface area contributed by atoms with Gasteiger partial charge in [0, 0.05) is 33.0 Å². The maximum Gasteiger partial charge on any atom is 0.124 e. The third-order valence-electron chi connectivity index (χ3n) is 3.76. The number of fused-ring (bicyclic) bond motifs is 2. The Bertz CT molecular complexity index is 934. The first-order valence-electron chi connectivity index (χ1n) is 6.70. The van der Waals surface area contributed by atoms with E-state index in [-0.39, 0.29) is 5.75 Å². The highest BCUT2D eigenvalue weighted by Gasteiger charge is 2.11. The van der Waals surface area contributed by atoms with E-state index in [0.717, 1.165) is 37.1 Å². The van der Waals surface area contributed by atoms with Crippen molar-refractivity contribution in [2.24, 2.45) is 0 Å². The first-order valence-corrected chi connectivity index (χ1v) is 7.50. The lowest BCUT2D eigenvalue weighted by atomic mass is 9.95. The van der Waals surface area contributed by atoms with E-state index in [1.165, 1.54) is 0 Å². The number of benzene rings is 2. The molecule has 0 saturated carbocycles. The summed E-state index contributed by atoms with van der Waals surface area (Å²) in [4.78, 5) is 4.10. The van der Waals surface area contributed by atoms with Crippen molar-refractivity contribution in [3.8, 4) is 16.9 Å². The summed E-state index contributed by atoms with van der Waals surface area (Å²) in [5, 5.41) is 21.7. The highest BCUT2D eigenvalue weighted by Crippen LogP contribution is 2.38. The van der Waals surface area contributed by atoms with Crippen LogP contribution >= 0.6 is 15.9 Å². The van der Waals surface area contributed by atoms with Crippen LogP contribution in [0.4, 0.5) is 0 Å². The molecule has 0 aliphatic heterocycles. The van der Waals surface area contributed by atoms with Gasteiger partial charge in [-0.25, -0.2) is 0 Å². The van der Waals surface area contributed by atoms with Gasteiger partial charge in [0.05, 0.1) is 12.4 Å². The van der Waals surface area contributed by atoms with Crippen LogP contribution in [0.15, 0.2) is 59.6 Å². The molecule has 4 nitrogen and oxygen atoms in total. The summed E-state index contributed by atoms with van der Waals surface area (Å²) in [5.41, 5.74) is 2.07. The van der Waals surface area contributed by atoms with Crippen LogP contribution in [0.1, 0.15) is 0 Å². The molecule has 2 heterocycles. The second-order valence-electron chi connectivity index (χ2n) is 4.96. The minimum Gasteiger partial charge on any atom is -0.507 e. The van der Waals surface area contributed by atoms with Crippen LogP contribution in [-0.4, -0.2) is 20.3 Å². The summed E-state index contributed by atoms with van der Waals surface area (Å²) in [7, 11) is 0. The summed E-state index contributed by atoms with van der Waals surface area (Å²) in [6.45, 7) is 0. The number of phenols is 1. The molecule has 0 aliphatic carbocycles. The topological polar surface area (TPSA) is 58.9 Å². The molecule has 0 bridgehead atoms. The molecule has 22 heavy (non-hydrogen) atoms. The number of aromatic nitrogens is 3. The van der Waals surface area contributed by atoms with Crippen LogP contribution in [-0.2, 0) is 0 Å². The molecule has 0 saturated heterocycles. The van der Waals surface area contributed by atoms with Crippen molar-refractivity contribution in [1.29, 1.82) is 0 Å². The third-order valence-corrected chi connectivity index (χ3v) is 4.45. The smallest absolute Gasteiger partial charge is 0.124 e. The van der Waals surface area contributed by atoms with Gasteiger partial charge in [-0.2, -0.15) is 10.2 Å². The lowest BCUT2D eigenvalue weighted by Crippen LogP contribution is -1.88. The Morgan fingerprint density at radius 1 is 0.727 bits per heavy atom. The van der Waals surface area contributed by atoms with Crippen molar-refractivity contribution < 1.29 is 5.11 Å². The molecule has 0 radical (unpaired) electrons. The largest absolute Gasteiger partial charge is 0.507 e. The molecule has 2 aromatic heterocycles. The molecule has 0 fully saturated rings. The summed E-state index contributed by atoms with van der Waals surface area (Å²) in [6.07, 6.45) is 6.91. The van der Waals surface area contributed by atoms with E-state index in [9.17, 15) is 5.11 Å². The Morgan fingerprint density at radius 2 is 1.45 bits per heavy atom. The highest BCUT2D eigenvalue weighted by atomic mass is 79.9. The van der Waals surface area contributed by atoms with Gasteiger partial charge >= 0.3 is 0 Å². The van der Waals surface area contributed by atoms with E-state index in [1.807, 2.05) is 24.3 Å². The Labute approximate surface area is 134 Å². The maximum atomic E-state index is 10.0. The van der Waals surface area contributed by atoms with Gasteiger partial charge < -0.3 is 5.11 Å². The Morgan fingerprint density at radius 3 is 2.32 bits per heavy atom. The molecular formula is C17H10BrN3O. The lowest BCUT2D eigenvalue weighted by molar-refractivity contribution is 0.481. The zero-order valence-corrected chi connectivity index (χ0v) is 12.9. The minimum absolute atomic E-state index is 0.230. The van der Waals surface area contributed by atoms with Crippen molar-refractivity contribution in [2.45, 2.75) is 0 Å². The first-order chi connectivity index (χ1) is 10.8. The van der Waals surface area contributed by atoms with Crippen molar-refractivity contribution >= 4 is 37.5 Å². The molecule has 0 spiro atoms. The standard InChI is InChI=1S/C17H10BrN3O/c18-16-3-1-11(13-8-20-21-9-14(13)16)10-2-4-17(22)15-7-19-6-5-12(10)15/h1-9,22H. The summed E-state index contributed by atoms with van der Waals surface area (Å²) in [6, 6.07) is 9.56. The predicted octanol–water partition coefficient (Wildman–Crippen LogP) is 4.31. The SMILES string of the molecule is Oc1ccc(-c2ccc(Br)c3cnncc23)c2ccncc12. The Hall–Kier alpha value is -2.53. The zero-order valence-electron chi connectivity index (χ0n) is 11.4. The first kappa shape index (κ1) is 13.2. The van der Waals surface area contributed by atoms with E-state index in [0.29, 0.717) is 0 Å².